The quantitative estimate of drug-likeness (QED) is 0.495. The highest BCUT2D eigenvalue weighted by Gasteiger charge is 2.29. The Morgan fingerprint density at radius 2 is 1.85 bits per heavy atom. The fraction of sp³-hybridized carbons (Fsp3) is 0.150. The molecule has 0 saturated heterocycles. The van der Waals surface area contributed by atoms with Crippen LogP contribution in [0.3, 0.4) is 0 Å². The minimum absolute atomic E-state index is 0.312. The first-order chi connectivity index (χ1) is 13.3. The van der Waals surface area contributed by atoms with Crippen LogP contribution in [-0.2, 0) is 0 Å². The van der Waals surface area contributed by atoms with E-state index in [4.69, 9.17) is 4.52 Å². The summed E-state index contributed by atoms with van der Waals surface area (Å²) in [5.41, 5.74) is 1.42. The van der Waals surface area contributed by atoms with Crippen LogP contribution in [0.25, 0.3) is 21.5 Å². The fourth-order valence-electron chi connectivity index (χ4n) is 3.02. The molecule has 6 nitrogen and oxygen atoms in total. The Morgan fingerprint density at radius 3 is 2.74 bits per heavy atom. The molecule has 0 aliphatic heterocycles. The molecule has 7 heteroatoms. The lowest BCUT2D eigenvalue weighted by molar-refractivity contribution is 0.262. The van der Waals surface area contributed by atoms with Crippen LogP contribution in [0.5, 0.6) is 0 Å². The number of hydrogen-bond donors (Lipinski definition) is 2. The number of nitrogens with one attached hydrogen (secondary N) is 2. The van der Waals surface area contributed by atoms with Gasteiger partial charge in [0.05, 0.1) is 11.4 Å². The van der Waals surface area contributed by atoms with Crippen molar-refractivity contribution in [1.82, 2.24) is 10.1 Å². The van der Waals surface area contributed by atoms with Gasteiger partial charge in [0.15, 0.2) is 5.82 Å². The van der Waals surface area contributed by atoms with E-state index in [0.29, 0.717) is 17.5 Å². The molecule has 2 aromatic carbocycles. The van der Waals surface area contributed by atoms with E-state index in [2.05, 4.69) is 20.8 Å². The highest BCUT2D eigenvalue weighted by molar-refractivity contribution is 7.14. The second kappa shape index (κ2) is 6.51. The number of aromatic nitrogens is 2. The zero-order chi connectivity index (χ0) is 18.2. The van der Waals surface area contributed by atoms with E-state index in [1.165, 1.54) is 11.3 Å². The molecule has 1 aliphatic rings. The first-order valence-electron chi connectivity index (χ1n) is 8.75. The van der Waals surface area contributed by atoms with Gasteiger partial charge in [-0.1, -0.05) is 41.6 Å². The minimum atomic E-state index is -0.312. The number of anilines is 2. The molecule has 1 aliphatic carbocycles. The Labute approximate surface area is 159 Å². The van der Waals surface area contributed by atoms with Crippen molar-refractivity contribution in [3.8, 4) is 10.8 Å². The van der Waals surface area contributed by atoms with E-state index in [1.807, 2.05) is 53.9 Å². The lowest BCUT2D eigenvalue weighted by Crippen LogP contribution is -2.19. The standard InChI is InChI=1S/C20H16N4O2S/c25-20(21-15-7-3-5-12-4-1-2-6-14(12)15)22-16-10-11-27-17(16)19-23-18(24-26-19)13-8-9-13/h1-7,10-11,13H,8-9H2,(H2,21,22,25). The van der Waals surface area contributed by atoms with Crippen molar-refractivity contribution in [2.24, 2.45) is 0 Å². The summed E-state index contributed by atoms with van der Waals surface area (Å²) in [6, 6.07) is 15.3. The van der Waals surface area contributed by atoms with Crippen molar-refractivity contribution < 1.29 is 9.32 Å². The number of carbonyl (C=O) groups excluding carboxylic acids is 1. The average Bonchev–Trinajstić information content (AvgIpc) is 3.23. The molecule has 4 aromatic rings. The van der Waals surface area contributed by atoms with Gasteiger partial charge in [0.25, 0.3) is 5.89 Å². The van der Waals surface area contributed by atoms with Gasteiger partial charge < -0.3 is 15.2 Å². The molecule has 2 amide bonds. The smallest absolute Gasteiger partial charge is 0.323 e. The molecular weight excluding hydrogens is 360 g/mol. The number of rotatable bonds is 4. The highest BCUT2D eigenvalue weighted by Crippen LogP contribution is 2.40. The number of carbonyl (C=O) groups is 1. The number of nitrogens with zero attached hydrogens (tertiary/aromatic N) is 2. The molecule has 1 saturated carbocycles. The van der Waals surface area contributed by atoms with Gasteiger partial charge in [-0.05, 0) is 35.7 Å². The molecule has 2 heterocycles. The van der Waals surface area contributed by atoms with E-state index in [9.17, 15) is 4.79 Å². The Kier molecular flexibility index (Phi) is 3.86. The zero-order valence-electron chi connectivity index (χ0n) is 14.3. The molecule has 0 unspecified atom stereocenters. The van der Waals surface area contributed by atoms with Gasteiger partial charge in [-0.2, -0.15) is 4.98 Å². The molecule has 0 spiro atoms. The van der Waals surface area contributed by atoms with Gasteiger partial charge in [-0.3, -0.25) is 0 Å². The fourth-order valence-corrected chi connectivity index (χ4v) is 3.79. The SMILES string of the molecule is O=C(Nc1ccsc1-c1nc(C2CC2)no1)Nc1cccc2ccccc12. The monoisotopic (exact) mass is 376 g/mol. The number of hydrogen-bond acceptors (Lipinski definition) is 5. The molecule has 1 fully saturated rings. The summed E-state index contributed by atoms with van der Waals surface area (Å²) in [6.07, 6.45) is 2.23. The van der Waals surface area contributed by atoms with Crippen molar-refractivity contribution in [1.29, 1.82) is 0 Å². The number of urea groups is 1. The van der Waals surface area contributed by atoms with Gasteiger partial charge in [0, 0.05) is 11.3 Å². The van der Waals surface area contributed by atoms with Crippen LogP contribution in [0.4, 0.5) is 16.2 Å². The number of fused-ring (bicyclic) bond motifs is 1. The van der Waals surface area contributed by atoms with E-state index in [1.54, 1.807) is 0 Å². The van der Waals surface area contributed by atoms with Gasteiger partial charge in [0.1, 0.15) is 4.88 Å². The van der Waals surface area contributed by atoms with Crippen LogP contribution in [-0.4, -0.2) is 16.2 Å². The average molecular weight is 376 g/mol. The normalized spacial score (nSPS) is 13.6. The van der Waals surface area contributed by atoms with Crippen LogP contribution >= 0.6 is 11.3 Å². The first kappa shape index (κ1) is 16.0. The highest BCUT2D eigenvalue weighted by atomic mass is 32.1. The van der Waals surface area contributed by atoms with Gasteiger partial charge in [-0.25, -0.2) is 4.79 Å². The van der Waals surface area contributed by atoms with Crippen molar-refractivity contribution in [3.05, 3.63) is 59.7 Å². The topological polar surface area (TPSA) is 80.1 Å². The summed E-state index contributed by atoms with van der Waals surface area (Å²) in [4.78, 5) is 17.8. The lowest BCUT2D eigenvalue weighted by atomic mass is 10.1. The van der Waals surface area contributed by atoms with Crippen LogP contribution in [0.2, 0.25) is 0 Å². The van der Waals surface area contributed by atoms with Crippen molar-refractivity contribution in [3.63, 3.8) is 0 Å². The van der Waals surface area contributed by atoms with E-state index in [-0.39, 0.29) is 6.03 Å². The molecule has 0 radical (unpaired) electrons. The van der Waals surface area contributed by atoms with Crippen molar-refractivity contribution >= 4 is 39.5 Å². The lowest BCUT2D eigenvalue weighted by Gasteiger charge is -2.10. The Balaban J connectivity index is 1.36. The third kappa shape index (κ3) is 3.17. The maximum atomic E-state index is 12.5. The Morgan fingerprint density at radius 1 is 1.04 bits per heavy atom. The van der Waals surface area contributed by atoms with Crippen LogP contribution < -0.4 is 10.6 Å². The summed E-state index contributed by atoms with van der Waals surface area (Å²) < 4.78 is 5.39. The van der Waals surface area contributed by atoms with Gasteiger partial charge >= 0.3 is 6.03 Å². The Bertz CT molecular complexity index is 1120. The summed E-state index contributed by atoms with van der Waals surface area (Å²) in [5, 5.41) is 13.8. The predicted molar refractivity (Wildman–Crippen MR) is 106 cm³/mol. The van der Waals surface area contributed by atoms with Crippen molar-refractivity contribution in [2.75, 3.05) is 10.6 Å². The molecule has 134 valence electrons. The molecule has 5 rings (SSSR count). The summed E-state index contributed by atoms with van der Waals surface area (Å²) in [6.45, 7) is 0. The summed E-state index contributed by atoms with van der Waals surface area (Å²) in [7, 11) is 0. The Hall–Kier alpha value is -3.19. The molecular formula is C20H16N4O2S. The molecule has 2 N–H and O–H groups in total. The first-order valence-corrected chi connectivity index (χ1v) is 9.63. The van der Waals surface area contributed by atoms with E-state index in [0.717, 1.165) is 40.0 Å². The maximum absolute atomic E-state index is 12.5. The van der Waals surface area contributed by atoms with E-state index >= 15 is 0 Å². The third-order valence-electron chi connectivity index (χ3n) is 4.53. The van der Waals surface area contributed by atoms with Crippen LogP contribution in [0.1, 0.15) is 24.6 Å². The van der Waals surface area contributed by atoms with Crippen LogP contribution in [0, 0.1) is 0 Å². The second-order valence-corrected chi connectivity index (χ2v) is 7.42. The van der Waals surface area contributed by atoms with Crippen LogP contribution in [0.15, 0.2) is 58.4 Å². The number of amides is 2. The van der Waals surface area contributed by atoms with E-state index < -0.39 is 0 Å². The molecule has 27 heavy (non-hydrogen) atoms. The number of benzene rings is 2. The molecule has 2 aromatic heterocycles. The zero-order valence-corrected chi connectivity index (χ0v) is 15.1. The van der Waals surface area contributed by atoms with Gasteiger partial charge in [-0.15, -0.1) is 11.3 Å². The van der Waals surface area contributed by atoms with Gasteiger partial charge in [0.2, 0.25) is 0 Å². The van der Waals surface area contributed by atoms with Crippen molar-refractivity contribution in [2.45, 2.75) is 18.8 Å². The summed E-state index contributed by atoms with van der Waals surface area (Å²) in [5.74, 6) is 1.63. The minimum Gasteiger partial charge on any atom is -0.333 e. The number of thiophene rings is 1. The maximum Gasteiger partial charge on any atom is 0.323 e. The molecule has 0 bridgehead atoms. The third-order valence-corrected chi connectivity index (χ3v) is 5.43. The summed E-state index contributed by atoms with van der Waals surface area (Å²) >= 11 is 1.46. The largest absolute Gasteiger partial charge is 0.333 e. The second-order valence-electron chi connectivity index (χ2n) is 6.50. The predicted octanol–water partition coefficient (Wildman–Crippen LogP) is 5.47. The molecule has 0 atom stereocenters.